The largest absolute Gasteiger partial charge is 0.315 e. The topological polar surface area (TPSA) is 42.7 Å². The summed E-state index contributed by atoms with van der Waals surface area (Å²) >= 11 is 2.05. The van der Waals surface area contributed by atoms with Crippen LogP contribution in [0.25, 0.3) is 11.2 Å². The molecule has 0 radical (unpaired) electrons. The number of nitrogens with one attached hydrogen (secondary N) is 1. The average Bonchev–Trinajstić information content (AvgIpc) is 3.17. The fourth-order valence-electron chi connectivity index (χ4n) is 3.18. The Bertz CT molecular complexity index is 582. The predicted octanol–water partition coefficient (Wildman–Crippen LogP) is 2.53. The van der Waals surface area contributed by atoms with Gasteiger partial charge in [0.1, 0.15) is 11.3 Å². The first-order valence-corrected chi connectivity index (χ1v) is 8.13. The number of fused-ring (bicyclic) bond motifs is 1. The maximum absolute atomic E-state index is 4.89. The van der Waals surface area contributed by atoms with Crippen LogP contribution < -0.4 is 5.32 Å². The van der Waals surface area contributed by atoms with Gasteiger partial charge in [0.25, 0.3) is 0 Å². The van der Waals surface area contributed by atoms with Crippen molar-refractivity contribution in [3.63, 3.8) is 0 Å². The zero-order chi connectivity index (χ0) is 12.7. The summed E-state index contributed by atoms with van der Waals surface area (Å²) in [6, 6.07) is 4.60. The van der Waals surface area contributed by atoms with Crippen LogP contribution in [0.1, 0.15) is 36.4 Å². The van der Waals surface area contributed by atoms with Gasteiger partial charge in [0.05, 0.1) is 11.3 Å². The van der Waals surface area contributed by atoms with E-state index in [1.54, 1.807) is 0 Å². The highest BCUT2D eigenvalue weighted by Crippen LogP contribution is 2.41. The molecule has 2 saturated heterocycles. The molecule has 0 saturated carbocycles. The number of thioether (sulfide) groups is 1. The number of nitrogens with zero attached hydrogens (tertiary/aromatic N) is 3. The highest BCUT2D eigenvalue weighted by Gasteiger charge is 2.29. The molecule has 100 valence electrons. The summed E-state index contributed by atoms with van der Waals surface area (Å²) in [7, 11) is 0. The monoisotopic (exact) mass is 274 g/mol. The Balaban J connectivity index is 1.87. The van der Waals surface area contributed by atoms with E-state index >= 15 is 0 Å². The lowest BCUT2D eigenvalue weighted by Gasteiger charge is -2.17. The number of imidazole rings is 1. The quantitative estimate of drug-likeness (QED) is 0.914. The van der Waals surface area contributed by atoms with Crippen LogP contribution in [-0.4, -0.2) is 33.4 Å². The molecule has 2 aliphatic heterocycles. The minimum absolute atomic E-state index is 0.524. The number of aromatic nitrogens is 3. The van der Waals surface area contributed by atoms with Gasteiger partial charge in [-0.1, -0.05) is 0 Å². The second-order valence-corrected chi connectivity index (χ2v) is 6.65. The standard InChI is InChI=1S/C14H18N4S/c1-3-11-13(16-6-1)18(10-5-7-15-9-10)14(17-11)12-4-2-8-19-12/h1,3,6,10,12,15H,2,4-5,7-9H2. The lowest BCUT2D eigenvalue weighted by atomic mass is 10.2. The predicted molar refractivity (Wildman–Crippen MR) is 78.5 cm³/mol. The molecular weight excluding hydrogens is 256 g/mol. The van der Waals surface area contributed by atoms with Crippen LogP contribution in [0.2, 0.25) is 0 Å². The van der Waals surface area contributed by atoms with E-state index < -0.39 is 0 Å². The van der Waals surface area contributed by atoms with Crippen molar-refractivity contribution >= 4 is 22.9 Å². The van der Waals surface area contributed by atoms with Crippen LogP contribution >= 0.6 is 11.8 Å². The van der Waals surface area contributed by atoms with E-state index in [2.05, 4.69) is 32.7 Å². The first-order chi connectivity index (χ1) is 9.43. The van der Waals surface area contributed by atoms with Crippen LogP contribution in [0.15, 0.2) is 18.3 Å². The molecule has 0 bridgehead atoms. The van der Waals surface area contributed by atoms with E-state index in [1.165, 1.54) is 30.8 Å². The van der Waals surface area contributed by atoms with Crippen molar-refractivity contribution in [3.05, 3.63) is 24.2 Å². The summed E-state index contributed by atoms with van der Waals surface area (Å²) in [6.07, 6.45) is 5.64. The Morgan fingerprint density at radius 3 is 3.16 bits per heavy atom. The zero-order valence-corrected chi connectivity index (χ0v) is 11.7. The molecule has 0 aromatic carbocycles. The SMILES string of the molecule is c1cnc2c(c1)nc(C1CCCS1)n2C1CCNC1. The summed E-state index contributed by atoms with van der Waals surface area (Å²) in [5.41, 5.74) is 2.12. The molecule has 4 heterocycles. The molecule has 4 rings (SSSR count). The Hall–Kier alpha value is -1.07. The minimum atomic E-state index is 0.524. The van der Waals surface area contributed by atoms with E-state index in [4.69, 9.17) is 4.98 Å². The van der Waals surface area contributed by atoms with E-state index in [0.29, 0.717) is 11.3 Å². The van der Waals surface area contributed by atoms with E-state index in [0.717, 1.165) is 24.3 Å². The third-order valence-corrected chi connectivity index (χ3v) is 5.47. The fraction of sp³-hybridized carbons (Fsp3) is 0.571. The molecule has 19 heavy (non-hydrogen) atoms. The smallest absolute Gasteiger partial charge is 0.160 e. The van der Waals surface area contributed by atoms with Gasteiger partial charge in [-0.3, -0.25) is 0 Å². The minimum Gasteiger partial charge on any atom is -0.315 e. The van der Waals surface area contributed by atoms with Crippen molar-refractivity contribution < 1.29 is 0 Å². The van der Waals surface area contributed by atoms with E-state index in [9.17, 15) is 0 Å². The van der Waals surface area contributed by atoms with Gasteiger partial charge >= 0.3 is 0 Å². The third-order valence-electron chi connectivity index (χ3n) is 4.09. The summed E-state index contributed by atoms with van der Waals surface area (Å²) in [4.78, 5) is 9.47. The summed E-state index contributed by atoms with van der Waals surface area (Å²) < 4.78 is 2.42. The molecule has 2 unspecified atom stereocenters. The van der Waals surface area contributed by atoms with Gasteiger partial charge in [0.2, 0.25) is 0 Å². The second-order valence-electron chi connectivity index (χ2n) is 5.33. The maximum atomic E-state index is 4.89. The molecule has 1 N–H and O–H groups in total. The summed E-state index contributed by atoms with van der Waals surface area (Å²) in [5, 5.41) is 4.02. The maximum Gasteiger partial charge on any atom is 0.160 e. The average molecular weight is 274 g/mol. The molecular formula is C14H18N4S. The molecule has 2 atom stereocenters. The molecule has 0 aliphatic carbocycles. The van der Waals surface area contributed by atoms with E-state index in [-0.39, 0.29) is 0 Å². The van der Waals surface area contributed by atoms with Gasteiger partial charge in [-0.2, -0.15) is 11.8 Å². The first-order valence-electron chi connectivity index (χ1n) is 7.08. The molecule has 2 aromatic heterocycles. The van der Waals surface area contributed by atoms with Gasteiger partial charge < -0.3 is 9.88 Å². The van der Waals surface area contributed by atoms with Crippen LogP contribution in [0, 0.1) is 0 Å². The van der Waals surface area contributed by atoms with Gasteiger partial charge in [-0.05, 0) is 43.7 Å². The Morgan fingerprint density at radius 2 is 2.37 bits per heavy atom. The van der Waals surface area contributed by atoms with Gasteiger partial charge in [0, 0.05) is 12.7 Å². The first kappa shape index (κ1) is 11.7. The molecule has 4 nitrogen and oxygen atoms in total. The van der Waals surface area contributed by atoms with E-state index in [1.807, 2.05) is 12.3 Å². The third kappa shape index (κ3) is 1.96. The molecule has 0 spiro atoms. The number of hydrogen-bond donors (Lipinski definition) is 1. The number of rotatable bonds is 2. The lowest BCUT2D eigenvalue weighted by Crippen LogP contribution is -2.16. The van der Waals surface area contributed by atoms with Gasteiger partial charge in [-0.15, -0.1) is 0 Å². The molecule has 2 aromatic rings. The van der Waals surface area contributed by atoms with Crippen molar-refractivity contribution in [1.82, 2.24) is 19.9 Å². The van der Waals surface area contributed by atoms with Crippen LogP contribution in [0.3, 0.4) is 0 Å². The highest BCUT2D eigenvalue weighted by molar-refractivity contribution is 7.99. The van der Waals surface area contributed by atoms with Crippen molar-refractivity contribution in [2.24, 2.45) is 0 Å². The molecule has 2 aliphatic rings. The van der Waals surface area contributed by atoms with Crippen LogP contribution in [-0.2, 0) is 0 Å². The summed E-state index contributed by atoms with van der Waals surface area (Å²) in [6.45, 7) is 2.15. The lowest BCUT2D eigenvalue weighted by molar-refractivity contribution is 0.528. The van der Waals surface area contributed by atoms with Crippen LogP contribution in [0.5, 0.6) is 0 Å². The van der Waals surface area contributed by atoms with Crippen molar-refractivity contribution in [1.29, 1.82) is 0 Å². The normalized spacial score (nSPS) is 27.4. The Labute approximate surface area is 117 Å². The molecule has 0 amide bonds. The second kappa shape index (κ2) is 4.80. The highest BCUT2D eigenvalue weighted by atomic mass is 32.2. The summed E-state index contributed by atoms with van der Waals surface area (Å²) in [5.74, 6) is 2.52. The van der Waals surface area contributed by atoms with Crippen LogP contribution in [0.4, 0.5) is 0 Å². The number of hydrogen-bond acceptors (Lipinski definition) is 4. The van der Waals surface area contributed by atoms with Crippen molar-refractivity contribution in [3.8, 4) is 0 Å². The molecule has 2 fully saturated rings. The number of pyridine rings is 1. The fourth-order valence-corrected chi connectivity index (χ4v) is 4.44. The molecule has 5 heteroatoms. The zero-order valence-electron chi connectivity index (χ0n) is 10.9. The van der Waals surface area contributed by atoms with Crippen molar-refractivity contribution in [2.75, 3.05) is 18.8 Å². The van der Waals surface area contributed by atoms with Gasteiger partial charge in [-0.25, -0.2) is 9.97 Å². The Kier molecular flexibility index (Phi) is 2.96. The Morgan fingerprint density at radius 1 is 1.37 bits per heavy atom. The van der Waals surface area contributed by atoms with Crippen molar-refractivity contribution in [2.45, 2.75) is 30.6 Å². The van der Waals surface area contributed by atoms with Gasteiger partial charge in [0.15, 0.2) is 5.65 Å².